The van der Waals surface area contributed by atoms with Crippen LogP contribution in [0.1, 0.15) is 17.5 Å². The fraction of sp³-hybridized carbons (Fsp3) is 0.263. The summed E-state index contributed by atoms with van der Waals surface area (Å²) in [6.07, 6.45) is 3.06. The van der Waals surface area contributed by atoms with Crippen LogP contribution in [-0.4, -0.2) is 23.9 Å². The van der Waals surface area contributed by atoms with Crippen molar-refractivity contribution in [3.63, 3.8) is 0 Å². The maximum Gasteiger partial charge on any atom is 0.263 e. The van der Waals surface area contributed by atoms with Gasteiger partial charge >= 0.3 is 0 Å². The van der Waals surface area contributed by atoms with Gasteiger partial charge in [0.15, 0.2) is 12.1 Å². The van der Waals surface area contributed by atoms with Gasteiger partial charge in [0.2, 0.25) is 0 Å². The fourth-order valence-corrected chi connectivity index (χ4v) is 4.13. The van der Waals surface area contributed by atoms with Gasteiger partial charge in [0.05, 0.1) is 16.4 Å². The molecule has 0 bridgehead atoms. The Kier molecular flexibility index (Phi) is 3.55. The van der Waals surface area contributed by atoms with Crippen molar-refractivity contribution in [1.82, 2.24) is 0 Å². The first kappa shape index (κ1) is 16.4. The summed E-state index contributed by atoms with van der Waals surface area (Å²) in [7, 11) is 0. The number of hydrogen-bond donors (Lipinski definition) is 0. The zero-order chi connectivity index (χ0) is 18.7. The third kappa shape index (κ3) is 2.38. The summed E-state index contributed by atoms with van der Waals surface area (Å²) in [6.45, 7) is 0. The molecule has 2 amide bonds. The highest BCUT2D eigenvalue weighted by Gasteiger charge is 2.55. The second kappa shape index (κ2) is 5.85. The maximum absolute atomic E-state index is 13.5. The van der Waals surface area contributed by atoms with Crippen molar-refractivity contribution in [3.8, 4) is 0 Å². The molecule has 8 heteroatoms. The van der Waals surface area contributed by atoms with Crippen LogP contribution in [0.4, 0.5) is 15.8 Å². The molecule has 1 aliphatic carbocycles. The molecule has 6 nitrogen and oxygen atoms in total. The lowest BCUT2D eigenvalue weighted by Crippen LogP contribution is -2.40. The Labute approximate surface area is 159 Å². The van der Waals surface area contributed by atoms with Crippen molar-refractivity contribution in [1.29, 1.82) is 0 Å². The highest BCUT2D eigenvalue weighted by molar-refractivity contribution is 6.31. The monoisotopic (exact) mass is 384 g/mol. The van der Waals surface area contributed by atoms with E-state index in [-0.39, 0.29) is 5.02 Å². The van der Waals surface area contributed by atoms with Gasteiger partial charge in [-0.2, -0.15) is 5.11 Å². The normalized spacial score (nSPS) is 23.3. The molecule has 1 saturated heterocycles. The molecule has 0 aromatic heterocycles. The van der Waals surface area contributed by atoms with Gasteiger partial charge in [0.1, 0.15) is 5.82 Å². The Hall–Kier alpha value is -2.80. The summed E-state index contributed by atoms with van der Waals surface area (Å²) < 4.78 is 13.5. The number of rotatable bonds is 2. The van der Waals surface area contributed by atoms with Crippen molar-refractivity contribution in [2.45, 2.75) is 31.3 Å². The molecular weight excluding hydrogens is 371 g/mol. The van der Waals surface area contributed by atoms with Crippen LogP contribution in [0.3, 0.4) is 0 Å². The van der Waals surface area contributed by atoms with Gasteiger partial charge in [-0.05, 0) is 60.7 Å². The molecule has 0 unspecified atom stereocenters. The summed E-state index contributed by atoms with van der Waals surface area (Å²) >= 11 is 5.84. The molecular formula is C19H14ClFN4O2. The average Bonchev–Trinajstić information content (AvgIpc) is 3.34. The number of amides is 2. The highest BCUT2D eigenvalue weighted by Crippen LogP contribution is 2.37. The van der Waals surface area contributed by atoms with E-state index >= 15 is 0 Å². The summed E-state index contributed by atoms with van der Waals surface area (Å²) in [5.41, 5.74) is 3.41. The third-order valence-electron chi connectivity index (χ3n) is 5.29. The van der Waals surface area contributed by atoms with Crippen LogP contribution in [0, 0.1) is 5.82 Å². The molecule has 2 atom stereocenters. The van der Waals surface area contributed by atoms with E-state index in [1.807, 2.05) is 12.1 Å². The zero-order valence-electron chi connectivity index (χ0n) is 14.1. The number of halogens is 2. The molecule has 2 aromatic rings. The lowest BCUT2D eigenvalue weighted by atomic mass is 10.1. The number of aryl methyl sites for hydroxylation is 2. The molecule has 27 heavy (non-hydrogen) atoms. The van der Waals surface area contributed by atoms with Gasteiger partial charge < -0.3 is 0 Å². The predicted octanol–water partition coefficient (Wildman–Crippen LogP) is 3.47. The molecule has 2 aromatic carbocycles. The number of carbonyl (C=O) groups excluding carboxylic acids is 2. The van der Waals surface area contributed by atoms with Crippen LogP contribution in [0.5, 0.6) is 0 Å². The Morgan fingerprint density at radius 2 is 1.78 bits per heavy atom. The van der Waals surface area contributed by atoms with E-state index in [2.05, 4.69) is 10.3 Å². The van der Waals surface area contributed by atoms with Gasteiger partial charge in [-0.25, -0.2) is 14.3 Å². The van der Waals surface area contributed by atoms with Crippen molar-refractivity contribution < 1.29 is 14.0 Å². The van der Waals surface area contributed by atoms with E-state index in [4.69, 9.17) is 11.6 Å². The summed E-state index contributed by atoms with van der Waals surface area (Å²) in [4.78, 5) is 27.1. The molecule has 0 spiro atoms. The average molecular weight is 385 g/mol. The van der Waals surface area contributed by atoms with E-state index in [0.29, 0.717) is 11.4 Å². The smallest absolute Gasteiger partial charge is 0.263 e. The van der Waals surface area contributed by atoms with Crippen molar-refractivity contribution >= 4 is 34.8 Å². The first-order valence-corrected chi connectivity index (χ1v) is 9.07. The SMILES string of the molecule is O=C1[C@@H]2N=NN(c3ccc(F)c(Cl)c3)[C@H]2C(=O)N1c1ccc2c(c1)CCC2. The number of anilines is 2. The van der Waals surface area contributed by atoms with Crippen LogP contribution in [0.15, 0.2) is 46.7 Å². The first-order chi connectivity index (χ1) is 13.0. The van der Waals surface area contributed by atoms with Gasteiger partial charge in [0, 0.05) is 0 Å². The van der Waals surface area contributed by atoms with Crippen molar-refractivity contribution in [3.05, 3.63) is 58.4 Å². The number of imide groups is 1. The molecule has 3 aliphatic rings. The molecule has 5 rings (SSSR count). The molecule has 0 saturated carbocycles. The molecule has 2 aliphatic heterocycles. The molecule has 0 N–H and O–H groups in total. The van der Waals surface area contributed by atoms with E-state index in [0.717, 1.165) is 19.3 Å². The summed E-state index contributed by atoms with van der Waals surface area (Å²) in [5, 5.41) is 9.20. The maximum atomic E-state index is 13.5. The van der Waals surface area contributed by atoms with Gasteiger partial charge in [-0.3, -0.25) is 9.59 Å². The topological polar surface area (TPSA) is 65.3 Å². The second-order valence-electron chi connectivity index (χ2n) is 6.86. The van der Waals surface area contributed by atoms with E-state index in [1.165, 1.54) is 39.2 Å². The van der Waals surface area contributed by atoms with Crippen LogP contribution in [0.2, 0.25) is 5.02 Å². The molecule has 1 fully saturated rings. The van der Waals surface area contributed by atoms with E-state index in [1.54, 1.807) is 6.07 Å². The first-order valence-electron chi connectivity index (χ1n) is 8.69. The Balaban J connectivity index is 1.50. The van der Waals surface area contributed by atoms with Crippen LogP contribution >= 0.6 is 11.6 Å². The number of nitrogens with zero attached hydrogens (tertiary/aromatic N) is 4. The number of benzene rings is 2. The van der Waals surface area contributed by atoms with Crippen LogP contribution in [0.25, 0.3) is 0 Å². The predicted molar refractivity (Wildman–Crippen MR) is 97.3 cm³/mol. The second-order valence-corrected chi connectivity index (χ2v) is 7.26. The van der Waals surface area contributed by atoms with Crippen LogP contribution in [-0.2, 0) is 22.4 Å². The van der Waals surface area contributed by atoms with Crippen molar-refractivity contribution in [2.24, 2.45) is 10.3 Å². The highest BCUT2D eigenvalue weighted by atomic mass is 35.5. The lowest BCUT2D eigenvalue weighted by molar-refractivity contribution is -0.121. The summed E-state index contributed by atoms with van der Waals surface area (Å²) in [5.74, 6) is -1.36. The Bertz CT molecular complexity index is 1020. The zero-order valence-corrected chi connectivity index (χ0v) is 14.9. The quantitative estimate of drug-likeness (QED) is 0.745. The van der Waals surface area contributed by atoms with Gasteiger partial charge in [-0.1, -0.05) is 22.9 Å². The van der Waals surface area contributed by atoms with Crippen LogP contribution < -0.4 is 9.91 Å². The molecule has 136 valence electrons. The van der Waals surface area contributed by atoms with Crippen molar-refractivity contribution in [2.75, 3.05) is 9.91 Å². The Morgan fingerprint density at radius 1 is 1.00 bits per heavy atom. The molecule has 0 radical (unpaired) electrons. The van der Waals surface area contributed by atoms with E-state index < -0.39 is 29.7 Å². The minimum Gasteiger partial charge on any atom is -0.271 e. The Morgan fingerprint density at radius 3 is 2.59 bits per heavy atom. The van der Waals surface area contributed by atoms with Gasteiger partial charge in [-0.15, -0.1) is 0 Å². The minimum absolute atomic E-state index is 0.0848. The van der Waals surface area contributed by atoms with Gasteiger partial charge in [0.25, 0.3) is 11.8 Å². The minimum atomic E-state index is -0.908. The largest absolute Gasteiger partial charge is 0.271 e. The summed E-state index contributed by atoms with van der Waals surface area (Å²) in [6, 6.07) is 7.92. The number of hydrogen-bond acceptors (Lipinski definition) is 5. The third-order valence-corrected chi connectivity index (χ3v) is 5.58. The number of fused-ring (bicyclic) bond motifs is 2. The van der Waals surface area contributed by atoms with E-state index in [9.17, 15) is 14.0 Å². The number of carbonyl (C=O) groups is 2. The standard InChI is InChI=1S/C19H14ClFN4O2/c20-14-9-13(6-7-15(14)21)25-17-16(22-23-25)18(26)24(19(17)27)12-5-4-10-2-1-3-11(10)8-12/h4-9,16-17H,1-3H2/t16-,17-/m1/s1. The molecule has 2 heterocycles. The lowest BCUT2D eigenvalue weighted by Gasteiger charge is -2.21. The fourth-order valence-electron chi connectivity index (χ4n) is 3.95.